The van der Waals surface area contributed by atoms with Gasteiger partial charge in [0.05, 0.1) is 14.3 Å². The Morgan fingerprint density at radius 1 is 1.04 bits per heavy atom. The summed E-state index contributed by atoms with van der Waals surface area (Å²) in [7, 11) is 2.02. The summed E-state index contributed by atoms with van der Waals surface area (Å²) in [5.74, 6) is 0.661. The van der Waals surface area contributed by atoms with Crippen LogP contribution in [0.1, 0.15) is 38.9 Å². The lowest BCUT2D eigenvalue weighted by Gasteiger charge is -2.08. The molecule has 0 atom stereocenters. The lowest BCUT2D eigenvalue weighted by Crippen LogP contribution is -2.21. The summed E-state index contributed by atoms with van der Waals surface area (Å²) in [5, 5.41) is 3.28. The SMILES string of the molecule is C1CCNCC1.CC.CF.COc1ccnc(COc2ccccc2F)n1. The van der Waals surface area contributed by atoms with Crippen LogP contribution in [0.4, 0.5) is 8.78 Å². The summed E-state index contributed by atoms with van der Waals surface area (Å²) >= 11 is 0. The van der Waals surface area contributed by atoms with Crippen molar-refractivity contribution in [1.29, 1.82) is 0 Å². The zero-order valence-electron chi connectivity index (χ0n) is 16.7. The first-order valence-electron chi connectivity index (χ1n) is 9.11. The average molecular weight is 383 g/mol. The van der Waals surface area contributed by atoms with Crippen molar-refractivity contribution >= 4 is 0 Å². The van der Waals surface area contributed by atoms with Crippen molar-refractivity contribution in [2.24, 2.45) is 0 Å². The third-order valence-corrected chi connectivity index (χ3v) is 3.29. The number of nitrogens with one attached hydrogen (secondary N) is 1. The topological polar surface area (TPSA) is 56.3 Å². The first-order valence-corrected chi connectivity index (χ1v) is 9.11. The minimum atomic E-state index is -0.407. The monoisotopic (exact) mass is 383 g/mol. The Balaban J connectivity index is 0.000000563. The van der Waals surface area contributed by atoms with Gasteiger partial charge in [-0.25, -0.2) is 9.37 Å². The molecule has 1 aliphatic rings. The highest BCUT2D eigenvalue weighted by Crippen LogP contribution is 2.16. The van der Waals surface area contributed by atoms with Gasteiger partial charge in [-0.3, -0.25) is 4.39 Å². The second kappa shape index (κ2) is 17.1. The third-order valence-electron chi connectivity index (χ3n) is 3.29. The molecule has 0 unspecified atom stereocenters. The number of hydrogen-bond donors (Lipinski definition) is 1. The first-order chi connectivity index (χ1) is 13.3. The van der Waals surface area contributed by atoms with Crippen molar-refractivity contribution in [2.45, 2.75) is 39.7 Å². The molecule has 7 heteroatoms. The number of hydrogen-bond acceptors (Lipinski definition) is 5. The van der Waals surface area contributed by atoms with Gasteiger partial charge in [-0.15, -0.1) is 0 Å². The molecule has 1 aromatic carbocycles. The molecular formula is C20H31F2N3O2. The van der Waals surface area contributed by atoms with Crippen LogP contribution >= 0.6 is 0 Å². The Morgan fingerprint density at radius 3 is 2.22 bits per heavy atom. The van der Waals surface area contributed by atoms with E-state index in [0.29, 0.717) is 18.9 Å². The molecule has 1 fully saturated rings. The minimum absolute atomic E-state index is 0.0954. The van der Waals surface area contributed by atoms with Crippen LogP contribution in [0.5, 0.6) is 11.6 Å². The molecule has 1 aliphatic heterocycles. The van der Waals surface area contributed by atoms with Crippen LogP contribution in [-0.2, 0) is 6.61 Å². The van der Waals surface area contributed by atoms with E-state index in [-0.39, 0.29) is 12.4 Å². The molecule has 2 aromatic rings. The maximum Gasteiger partial charge on any atom is 0.216 e. The number of para-hydroxylation sites is 1. The minimum Gasteiger partial charge on any atom is -0.483 e. The Bertz CT molecular complexity index is 585. The Labute approximate surface area is 161 Å². The van der Waals surface area contributed by atoms with Crippen molar-refractivity contribution in [3.05, 3.63) is 48.2 Å². The van der Waals surface area contributed by atoms with E-state index < -0.39 is 5.82 Å². The van der Waals surface area contributed by atoms with Gasteiger partial charge in [0, 0.05) is 12.3 Å². The molecule has 2 heterocycles. The first kappa shape index (κ1) is 24.7. The zero-order valence-corrected chi connectivity index (χ0v) is 16.7. The summed E-state index contributed by atoms with van der Waals surface area (Å²) in [6.45, 7) is 6.60. The van der Waals surface area contributed by atoms with E-state index >= 15 is 0 Å². The van der Waals surface area contributed by atoms with Crippen LogP contribution in [0.2, 0.25) is 0 Å². The molecule has 0 radical (unpaired) electrons. The van der Waals surface area contributed by atoms with Crippen LogP contribution in [0.25, 0.3) is 0 Å². The second-order valence-electron chi connectivity index (χ2n) is 5.04. The molecule has 0 spiro atoms. The molecule has 0 bridgehead atoms. The zero-order chi connectivity index (χ0) is 20.3. The molecule has 3 rings (SSSR count). The fourth-order valence-corrected chi connectivity index (χ4v) is 2.07. The lowest BCUT2D eigenvalue weighted by atomic mass is 10.2. The molecule has 0 saturated carbocycles. The van der Waals surface area contributed by atoms with E-state index in [1.807, 2.05) is 13.8 Å². The van der Waals surface area contributed by atoms with Gasteiger partial charge in [-0.05, 0) is 38.1 Å². The smallest absolute Gasteiger partial charge is 0.216 e. The number of methoxy groups -OCH3 is 1. The predicted octanol–water partition coefficient (Wildman–Crippen LogP) is 4.58. The van der Waals surface area contributed by atoms with Gasteiger partial charge >= 0.3 is 0 Å². The predicted molar refractivity (Wildman–Crippen MR) is 104 cm³/mol. The van der Waals surface area contributed by atoms with Crippen molar-refractivity contribution < 1.29 is 18.3 Å². The van der Waals surface area contributed by atoms with E-state index in [1.165, 1.54) is 45.5 Å². The number of aromatic nitrogens is 2. The highest BCUT2D eigenvalue weighted by molar-refractivity contribution is 5.23. The highest BCUT2D eigenvalue weighted by atomic mass is 19.1. The number of piperidine rings is 1. The fourth-order valence-electron chi connectivity index (χ4n) is 2.07. The molecule has 1 saturated heterocycles. The van der Waals surface area contributed by atoms with Crippen LogP contribution in [-0.4, -0.2) is 37.3 Å². The number of benzene rings is 1. The Hall–Kier alpha value is -2.28. The van der Waals surface area contributed by atoms with Gasteiger partial charge in [0.2, 0.25) is 5.88 Å². The number of halogens is 2. The number of ether oxygens (including phenoxy) is 2. The van der Waals surface area contributed by atoms with Gasteiger partial charge in [-0.2, -0.15) is 4.98 Å². The van der Waals surface area contributed by atoms with Gasteiger partial charge < -0.3 is 14.8 Å². The van der Waals surface area contributed by atoms with Gasteiger partial charge in [0.1, 0.15) is 6.61 Å². The van der Waals surface area contributed by atoms with Crippen molar-refractivity contribution in [2.75, 3.05) is 27.4 Å². The van der Waals surface area contributed by atoms with E-state index in [4.69, 9.17) is 9.47 Å². The molecule has 0 amide bonds. The maximum atomic E-state index is 13.2. The van der Waals surface area contributed by atoms with Crippen LogP contribution < -0.4 is 14.8 Å². The largest absolute Gasteiger partial charge is 0.483 e. The lowest BCUT2D eigenvalue weighted by molar-refractivity contribution is 0.278. The molecule has 0 aliphatic carbocycles. The van der Waals surface area contributed by atoms with Crippen molar-refractivity contribution in [3.63, 3.8) is 0 Å². The third kappa shape index (κ3) is 11.1. The Morgan fingerprint density at radius 2 is 1.70 bits per heavy atom. The number of rotatable bonds is 4. The molecule has 1 aromatic heterocycles. The van der Waals surface area contributed by atoms with Crippen LogP contribution in [0.3, 0.4) is 0 Å². The fraction of sp³-hybridized carbons (Fsp3) is 0.500. The van der Waals surface area contributed by atoms with Crippen molar-refractivity contribution in [1.82, 2.24) is 15.3 Å². The van der Waals surface area contributed by atoms with Gasteiger partial charge in [-0.1, -0.05) is 32.4 Å². The summed E-state index contributed by atoms with van der Waals surface area (Å²) in [6, 6.07) is 7.82. The van der Waals surface area contributed by atoms with E-state index in [2.05, 4.69) is 15.3 Å². The molecule has 152 valence electrons. The standard InChI is InChI=1S/C12H11FN2O2.C5H11N.C2H6.CH3F/c1-16-12-6-7-14-11(15-12)8-17-10-5-3-2-4-9(10)13;1-2-4-6-5-3-1;2*1-2/h2-7H,8H2,1H3;6H,1-5H2;1-2H3;1H3. The summed E-state index contributed by atoms with van der Waals surface area (Å²) < 4.78 is 33.0. The van der Waals surface area contributed by atoms with E-state index in [9.17, 15) is 8.78 Å². The number of nitrogens with zero attached hydrogens (tertiary/aromatic N) is 2. The Kier molecular flexibility index (Phi) is 15.7. The maximum absolute atomic E-state index is 13.2. The molecule has 27 heavy (non-hydrogen) atoms. The molecule has 1 N–H and O–H groups in total. The summed E-state index contributed by atoms with van der Waals surface area (Å²) in [4.78, 5) is 8.05. The van der Waals surface area contributed by atoms with Crippen molar-refractivity contribution in [3.8, 4) is 11.6 Å². The molecular weight excluding hydrogens is 352 g/mol. The average Bonchev–Trinajstić information content (AvgIpc) is 2.78. The quantitative estimate of drug-likeness (QED) is 0.838. The van der Waals surface area contributed by atoms with Crippen LogP contribution in [0.15, 0.2) is 36.5 Å². The normalized spacial score (nSPS) is 12.1. The van der Waals surface area contributed by atoms with Gasteiger partial charge in [0.15, 0.2) is 17.4 Å². The molecule has 5 nitrogen and oxygen atoms in total. The van der Waals surface area contributed by atoms with E-state index in [0.717, 1.165) is 0 Å². The number of alkyl halides is 1. The summed E-state index contributed by atoms with van der Waals surface area (Å²) in [5.41, 5.74) is 0. The van der Waals surface area contributed by atoms with Gasteiger partial charge in [0.25, 0.3) is 0 Å². The second-order valence-corrected chi connectivity index (χ2v) is 5.04. The highest BCUT2D eigenvalue weighted by Gasteiger charge is 2.04. The summed E-state index contributed by atoms with van der Waals surface area (Å²) in [6.07, 6.45) is 5.78. The van der Waals surface area contributed by atoms with E-state index in [1.54, 1.807) is 30.5 Å². The van der Waals surface area contributed by atoms with Crippen LogP contribution in [0, 0.1) is 5.82 Å².